The van der Waals surface area contributed by atoms with E-state index in [0.29, 0.717) is 12.3 Å². The summed E-state index contributed by atoms with van der Waals surface area (Å²) in [5.41, 5.74) is 2.74. The van der Waals surface area contributed by atoms with Crippen LogP contribution in [0.25, 0.3) is 11.0 Å². The van der Waals surface area contributed by atoms with E-state index in [-0.39, 0.29) is 0 Å². The van der Waals surface area contributed by atoms with Gasteiger partial charge in [0.15, 0.2) is 0 Å². The minimum atomic E-state index is -1.06. The van der Waals surface area contributed by atoms with E-state index in [9.17, 15) is 10.2 Å². The van der Waals surface area contributed by atoms with Crippen LogP contribution in [0, 0.1) is 0 Å². The van der Waals surface area contributed by atoms with Gasteiger partial charge >= 0.3 is 0 Å². The number of hydrogen-bond acceptors (Lipinski definition) is 6. The second-order valence-corrected chi connectivity index (χ2v) is 5.25. The summed E-state index contributed by atoms with van der Waals surface area (Å²) in [6.07, 6.45) is 2.70. The molecule has 0 amide bonds. The van der Waals surface area contributed by atoms with Crippen LogP contribution in [0.5, 0.6) is 5.88 Å². The summed E-state index contributed by atoms with van der Waals surface area (Å²) in [4.78, 5) is 8.73. The lowest BCUT2D eigenvalue weighted by Crippen LogP contribution is -2.29. The Bertz CT molecular complexity index is 606. The van der Waals surface area contributed by atoms with Gasteiger partial charge in [-0.15, -0.1) is 0 Å². The number of fused-ring (bicyclic) bond motifs is 1. The Hall–Kier alpha value is -1.76. The van der Waals surface area contributed by atoms with Crippen LogP contribution < -0.4 is 4.74 Å². The van der Waals surface area contributed by atoms with E-state index >= 15 is 0 Å². The number of hydrogen-bond donors (Lipinski definition) is 3. The molecule has 2 aromatic rings. The first-order chi connectivity index (χ1) is 10.7. The predicted octanol–water partition coefficient (Wildman–Crippen LogP) is 1.07. The van der Waals surface area contributed by atoms with Gasteiger partial charge in [0.25, 0.3) is 0 Å². The fourth-order valence-corrected chi connectivity index (χ4v) is 2.36. The molecule has 0 bridgehead atoms. The lowest BCUT2D eigenvalue weighted by molar-refractivity contribution is -0.0184. The summed E-state index contributed by atoms with van der Waals surface area (Å²) in [5, 5.41) is 27.7. The van der Waals surface area contributed by atoms with Gasteiger partial charge in [-0.1, -0.05) is 6.42 Å². The number of unbranched alkanes of at least 4 members (excludes halogenated alkanes) is 1. The molecule has 2 aromatic heterocycles. The third kappa shape index (κ3) is 4.13. The maximum Gasteiger partial charge on any atom is 0.213 e. The monoisotopic (exact) mass is 306 g/mol. The van der Waals surface area contributed by atoms with E-state index < -0.39 is 18.8 Å². The van der Waals surface area contributed by atoms with Gasteiger partial charge in [0.2, 0.25) is 5.88 Å². The fourth-order valence-electron chi connectivity index (χ4n) is 2.36. The molecule has 0 saturated carbocycles. The first kappa shape index (κ1) is 16.6. The van der Waals surface area contributed by atoms with Crippen molar-refractivity contribution in [3.05, 3.63) is 30.0 Å². The molecule has 0 saturated heterocycles. The maximum atomic E-state index is 9.61. The van der Waals surface area contributed by atoms with Gasteiger partial charge < -0.3 is 20.1 Å². The molecule has 6 nitrogen and oxygen atoms in total. The van der Waals surface area contributed by atoms with Crippen LogP contribution in [-0.2, 0) is 6.42 Å². The van der Waals surface area contributed by atoms with Crippen molar-refractivity contribution in [2.45, 2.75) is 37.9 Å². The first-order valence-electron chi connectivity index (χ1n) is 7.41. The van der Waals surface area contributed by atoms with Gasteiger partial charge in [0.05, 0.1) is 30.9 Å². The highest BCUT2D eigenvalue weighted by Gasteiger charge is 2.14. The van der Waals surface area contributed by atoms with Gasteiger partial charge in [-0.2, -0.15) is 0 Å². The highest BCUT2D eigenvalue weighted by molar-refractivity contribution is 5.78. The fraction of sp³-hybridized carbons (Fsp3) is 0.500. The Morgan fingerprint density at radius 3 is 2.68 bits per heavy atom. The molecule has 0 spiro atoms. The molecule has 6 heteroatoms. The number of aryl methyl sites for hydroxylation is 1. The Morgan fingerprint density at radius 1 is 1.14 bits per heavy atom. The molecule has 0 radical (unpaired) electrons. The molecule has 2 rings (SSSR count). The molecule has 0 aromatic carbocycles. The largest absolute Gasteiger partial charge is 0.481 e. The summed E-state index contributed by atoms with van der Waals surface area (Å²) in [6, 6.07) is 5.60. The number of rotatable bonds is 8. The summed E-state index contributed by atoms with van der Waals surface area (Å²) in [6.45, 7) is -0.417. The van der Waals surface area contributed by atoms with Crippen molar-refractivity contribution in [1.29, 1.82) is 0 Å². The Kier molecular flexibility index (Phi) is 6.06. The van der Waals surface area contributed by atoms with Crippen LogP contribution in [0.4, 0.5) is 0 Å². The Morgan fingerprint density at radius 2 is 1.95 bits per heavy atom. The number of pyridine rings is 2. The summed E-state index contributed by atoms with van der Waals surface area (Å²) < 4.78 is 5.15. The van der Waals surface area contributed by atoms with Crippen molar-refractivity contribution in [2.24, 2.45) is 0 Å². The van der Waals surface area contributed by atoms with Crippen molar-refractivity contribution in [1.82, 2.24) is 9.97 Å². The van der Waals surface area contributed by atoms with Crippen molar-refractivity contribution in [2.75, 3.05) is 13.7 Å². The van der Waals surface area contributed by atoms with E-state index in [1.807, 2.05) is 12.1 Å². The minimum absolute atomic E-state index is 0.417. The highest BCUT2D eigenvalue weighted by Crippen LogP contribution is 2.20. The topological polar surface area (TPSA) is 95.7 Å². The molecule has 3 N–H and O–H groups in total. The number of aromatic nitrogens is 2. The van der Waals surface area contributed by atoms with Crippen LogP contribution >= 0.6 is 0 Å². The van der Waals surface area contributed by atoms with Crippen molar-refractivity contribution in [3.63, 3.8) is 0 Å². The quantitative estimate of drug-likeness (QED) is 0.631. The van der Waals surface area contributed by atoms with Crippen molar-refractivity contribution < 1.29 is 20.1 Å². The lowest BCUT2D eigenvalue weighted by atomic mass is 10.0. The van der Waals surface area contributed by atoms with E-state index in [4.69, 9.17) is 9.84 Å². The molecular formula is C16H22N2O4. The van der Waals surface area contributed by atoms with Gasteiger partial charge in [-0.3, -0.25) is 4.98 Å². The van der Waals surface area contributed by atoms with Crippen LogP contribution in [0.1, 0.15) is 24.8 Å². The van der Waals surface area contributed by atoms with Gasteiger partial charge in [0.1, 0.15) is 6.10 Å². The zero-order chi connectivity index (χ0) is 15.9. The average Bonchev–Trinajstić information content (AvgIpc) is 2.57. The molecule has 0 fully saturated rings. The third-order valence-electron chi connectivity index (χ3n) is 3.68. The maximum absolute atomic E-state index is 9.61. The normalized spacial score (nSPS) is 14.0. The first-order valence-corrected chi connectivity index (χ1v) is 7.41. The van der Waals surface area contributed by atoms with Gasteiger partial charge in [0, 0.05) is 12.3 Å². The molecule has 0 aliphatic carbocycles. The van der Waals surface area contributed by atoms with E-state index in [1.54, 1.807) is 19.4 Å². The highest BCUT2D eigenvalue weighted by atomic mass is 16.5. The molecule has 2 heterocycles. The lowest BCUT2D eigenvalue weighted by Gasteiger charge is -2.15. The minimum Gasteiger partial charge on any atom is -0.481 e. The second-order valence-electron chi connectivity index (χ2n) is 5.25. The Labute approximate surface area is 129 Å². The van der Waals surface area contributed by atoms with Crippen LogP contribution in [0.15, 0.2) is 24.4 Å². The van der Waals surface area contributed by atoms with Gasteiger partial charge in [-0.25, -0.2) is 4.98 Å². The zero-order valence-corrected chi connectivity index (χ0v) is 12.6. The smallest absolute Gasteiger partial charge is 0.213 e. The molecule has 2 unspecified atom stereocenters. The average molecular weight is 306 g/mol. The van der Waals surface area contributed by atoms with E-state index in [0.717, 1.165) is 35.9 Å². The molecular weight excluding hydrogens is 284 g/mol. The van der Waals surface area contributed by atoms with E-state index in [2.05, 4.69) is 9.97 Å². The van der Waals surface area contributed by atoms with Crippen LogP contribution in [0.2, 0.25) is 0 Å². The molecule has 120 valence electrons. The number of aliphatic hydroxyl groups is 3. The number of methoxy groups -OCH3 is 1. The summed E-state index contributed by atoms with van der Waals surface area (Å²) in [7, 11) is 1.58. The summed E-state index contributed by atoms with van der Waals surface area (Å²) >= 11 is 0. The summed E-state index contributed by atoms with van der Waals surface area (Å²) in [5.74, 6) is 0.559. The van der Waals surface area contributed by atoms with Crippen molar-refractivity contribution in [3.8, 4) is 5.88 Å². The predicted molar refractivity (Wildman–Crippen MR) is 82.7 cm³/mol. The second kappa shape index (κ2) is 8.03. The van der Waals surface area contributed by atoms with E-state index in [1.165, 1.54) is 0 Å². The zero-order valence-electron chi connectivity index (χ0n) is 12.6. The standard InChI is InChI=1S/C16H22N2O4/c1-22-15-7-6-12-16(18-15)11(8-9-17-12)4-2-3-5-13(20)14(21)10-19/h6-9,13-14,19-21H,2-5,10H2,1H3. The molecule has 0 aliphatic rings. The molecule has 0 aliphatic heterocycles. The molecule has 22 heavy (non-hydrogen) atoms. The molecule has 2 atom stereocenters. The van der Waals surface area contributed by atoms with Crippen molar-refractivity contribution >= 4 is 11.0 Å². The number of nitrogens with zero attached hydrogens (tertiary/aromatic N) is 2. The number of ether oxygens (including phenoxy) is 1. The van der Waals surface area contributed by atoms with Crippen LogP contribution in [0.3, 0.4) is 0 Å². The third-order valence-corrected chi connectivity index (χ3v) is 3.68. The number of aliphatic hydroxyl groups excluding tert-OH is 3. The Balaban J connectivity index is 1.97. The SMILES string of the molecule is COc1ccc2nccc(CCCCC(O)C(O)CO)c2n1. The van der Waals surface area contributed by atoms with Gasteiger partial charge in [-0.05, 0) is 37.0 Å². The van der Waals surface area contributed by atoms with Crippen LogP contribution in [-0.4, -0.2) is 51.2 Å².